The Kier molecular flexibility index (Phi) is 2.82. The van der Waals surface area contributed by atoms with Gasteiger partial charge in [-0.3, -0.25) is 9.89 Å². The number of likely N-dealkylation sites (N-methyl/N-ethyl adjacent to an activating group) is 1. The molecule has 1 aromatic rings. The van der Waals surface area contributed by atoms with Crippen LogP contribution in [0.4, 0.5) is 5.82 Å². The number of nitrogens with one attached hydrogen (secondary N) is 2. The lowest BCUT2D eigenvalue weighted by atomic mass is 10.5. The summed E-state index contributed by atoms with van der Waals surface area (Å²) in [7, 11) is 3.68. The van der Waals surface area contributed by atoms with Gasteiger partial charge in [-0.2, -0.15) is 5.10 Å². The second kappa shape index (κ2) is 3.87. The molecule has 0 aromatic carbocycles. The van der Waals surface area contributed by atoms with Crippen molar-refractivity contribution in [2.24, 2.45) is 0 Å². The van der Waals surface area contributed by atoms with E-state index in [-0.39, 0.29) is 5.91 Å². The van der Waals surface area contributed by atoms with Gasteiger partial charge >= 0.3 is 0 Å². The van der Waals surface area contributed by atoms with Gasteiger partial charge in [0, 0.05) is 6.07 Å². The fourth-order valence-corrected chi connectivity index (χ4v) is 0.802. The van der Waals surface area contributed by atoms with Crippen LogP contribution >= 0.6 is 0 Å². The van der Waals surface area contributed by atoms with Crippen molar-refractivity contribution in [1.82, 2.24) is 15.1 Å². The second-order valence-electron chi connectivity index (χ2n) is 2.76. The molecule has 0 aliphatic rings. The molecule has 1 heterocycles. The van der Waals surface area contributed by atoms with E-state index in [9.17, 15) is 4.79 Å². The maximum Gasteiger partial charge on any atom is 0.239 e. The molecule has 1 rings (SSSR count). The van der Waals surface area contributed by atoms with Gasteiger partial charge in [-0.25, -0.2) is 0 Å². The smallest absolute Gasteiger partial charge is 0.239 e. The lowest BCUT2D eigenvalue weighted by Crippen LogP contribution is -2.27. The summed E-state index contributed by atoms with van der Waals surface area (Å²) in [5, 5.41) is 9.00. The van der Waals surface area contributed by atoms with Crippen LogP contribution in [0.15, 0.2) is 12.3 Å². The Bertz CT molecular complexity index is 242. The third-order valence-corrected chi connectivity index (χ3v) is 1.23. The molecule has 66 valence electrons. The van der Waals surface area contributed by atoms with E-state index in [1.54, 1.807) is 17.2 Å². The number of nitrogens with zero attached hydrogens (tertiary/aromatic N) is 2. The summed E-state index contributed by atoms with van der Waals surface area (Å²) < 4.78 is 0. The van der Waals surface area contributed by atoms with Crippen LogP contribution < -0.4 is 5.32 Å². The van der Waals surface area contributed by atoms with Gasteiger partial charge in [0.05, 0.1) is 12.7 Å². The normalized spacial score (nSPS) is 10.2. The van der Waals surface area contributed by atoms with Gasteiger partial charge in [-0.1, -0.05) is 0 Å². The van der Waals surface area contributed by atoms with Crippen molar-refractivity contribution in [2.75, 3.05) is 26.0 Å². The summed E-state index contributed by atoms with van der Waals surface area (Å²) in [4.78, 5) is 12.9. The number of hydrogen-bond donors (Lipinski definition) is 2. The topological polar surface area (TPSA) is 61.0 Å². The highest BCUT2D eigenvalue weighted by Crippen LogP contribution is 1.97. The van der Waals surface area contributed by atoms with Crippen molar-refractivity contribution in [3.63, 3.8) is 0 Å². The molecule has 0 bridgehead atoms. The van der Waals surface area contributed by atoms with Gasteiger partial charge in [0.25, 0.3) is 0 Å². The molecule has 0 aliphatic heterocycles. The molecule has 0 saturated heterocycles. The average molecular weight is 168 g/mol. The fraction of sp³-hybridized carbons (Fsp3) is 0.429. The average Bonchev–Trinajstić information content (AvgIpc) is 2.37. The Hall–Kier alpha value is -1.36. The van der Waals surface area contributed by atoms with Crippen LogP contribution in [0, 0.1) is 0 Å². The zero-order valence-electron chi connectivity index (χ0n) is 7.16. The molecule has 5 nitrogen and oxygen atoms in total. The van der Waals surface area contributed by atoms with Crippen molar-refractivity contribution >= 4 is 11.7 Å². The van der Waals surface area contributed by atoms with E-state index >= 15 is 0 Å². The number of anilines is 1. The number of carbonyl (C=O) groups is 1. The van der Waals surface area contributed by atoms with Gasteiger partial charge in [-0.15, -0.1) is 0 Å². The molecular weight excluding hydrogens is 156 g/mol. The molecule has 0 spiro atoms. The molecule has 0 unspecified atom stereocenters. The predicted octanol–water partition coefficient (Wildman–Crippen LogP) is -0.0902. The summed E-state index contributed by atoms with van der Waals surface area (Å²) in [6.45, 7) is 0.374. The first-order chi connectivity index (χ1) is 5.68. The summed E-state index contributed by atoms with van der Waals surface area (Å²) in [6.07, 6.45) is 1.59. The Labute approximate surface area is 70.8 Å². The number of rotatable bonds is 3. The van der Waals surface area contributed by atoms with E-state index in [0.717, 1.165) is 0 Å². The van der Waals surface area contributed by atoms with E-state index in [4.69, 9.17) is 0 Å². The lowest BCUT2D eigenvalue weighted by molar-refractivity contribution is -0.116. The molecule has 0 saturated carbocycles. The largest absolute Gasteiger partial charge is 0.310 e. The molecule has 5 heteroatoms. The maximum atomic E-state index is 11.1. The number of carbonyl (C=O) groups excluding carboxylic acids is 1. The first-order valence-electron chi connectivity index (χ1n) is 3.62. The van der Waals surface area contributed by atoms with Gasteiger partial charge in [0.15, 0.2) is 0 Å². The van der Waals surface area contributed by atoms with E-state index in [1.807, 2.05) is 14.1 Å². The number of hydrogen-bond acceptors (Lipinski definition) is 3. The Balaban J connectivity index is 2.37. The molecule has 0 aliphatic carbocycles. The molecule has 1 aromatic heterocycles. The highest BCUT2D eigenvalue weighted by atomic mass is 16.2. The maximum absolute atomic E-state index is 11.1. The minimum absolute atomic E-state index is 0.0516. The second-order valence-corrected chi connectivity index (χ2v) is 2.76. The van der Waals surface area contributed by atoms with Gasteiger partial charge in [0.2, 0.25) is 5.91 Å². The molecular formula is C7H12N4O. The van der Waals surface area contributed by atoms with Gasteiger partial charge < -0.3 is 10.2 Å². The minimum atomic E-state index is -0.0516. The number of H-pyrrole nitrogens is 1. The van der Waals surface area contributed by atoms with Crippen molar-refractivity contribution < 1.29 is 4.79 Å². The number of aromatic amines is 1. The molecule has 12 heavy (non-hydrogen) atoms. The zero-order valence-corrected chi connectivity index (χ0v) is 7.16. The molecule has 1 amide bonds. The minimum Gasteiger partial charge on any atom is -0.310 e. The van der Waals surface area contributed by atoms with Crippen LogP contribution in [-0.2, 0) is 4.79 Å². The van der Waals surface area contributed by atoms with E-state index < -0.39 is 0 Å². The molecule has 0 radical (unpaired) electrons. The van der Waals surface area contributed by atoms with Crippen LogP contribution in [0.3, 0.4) is 0 Å². The standard InChI is InChI=1S/C7H12N4O/c1-11(2)5-7(12)9-6-3-4-8-10-6/h3-4H,5H2,1-2H3,(H2,8,9,10,12). The van der Waals surface area contributed by atoms with Crippen LogP contribution in [-0.4, -0.2) is 41.6 Å². The van der Waals surface area contributed by atoms with Crippen LogP contribution in [0.2, 0.25) is 0 Å². The first kappa shape index (κ1) is 8.73. The van der Waals surface area contributed by atoms with Crippen molar-refractivity contribution in [1.29, 1.82) is 0 Å². The third-order valence-electron chi connectivity index (χ3n) is 1.23. The lowest BCUT2D eigenvalue weighted by Gasteiger charge is -2.08. The molecule has 2 N–H and O–H groups in total. The highest BCUT2D eigenvalue weighted by molar-refractivity contribution is 5.91. The van der Waals surface area contributed by atoms with Crippen LogP contribution in [0.25, 0.3) is 0 Å². The highest BCUT2D eigenvalue weighted by Gasteiger charge is 2.02. The number of aromatic nitrogens is 2. The Morgan fingerprint density at radius 3 is 3.00 bits per heavy atom. The molecule has 0 atom stereocenters. The van der Waals surface area contributed by atoms with Crippen LogP contribution in [0.1, 0.15) is 0 Å². The SMILES string of the molecule is CN(C)CC(=O)Nc1ccn[nH]1. The van der Waals surface area contributed by atoms with Crippen LogP contribution in [0.5, 0.6) is 0 Å². The molecule has 0 fully saturated rings. The van der Waals surface area contributed by atoms with E-state index in [1.165, 1.54) is 0 Å². The van der Waals surface area contributed by atoms with Crippen molar-refractivity contribution in [3.8, 4) is 0 Å². The first-order valence-corrected chi connectivity index (χ1v) is 3.62. The predicted molar refractivity (Wildman–Crippen MR) is 45.8 cm³/mol. The van der Waals surface area contributed by atoms with E-state index in [2.05, 4.69) is 15.5 Å². The monoisotopic (exact) mass is 168 g/mol. The number of amides is 1. The third kappa shape index (κ3) is 2.71. The summed E-state index contributed by atoms with van der Waals surface area (Å²) in [5.41, 5.74) is 0. The van der Waals surface area contributed by atoms with Crippen molar-refractivity contribution in [3.05, 3.63) is 12.3 Å². The fourth-order valence-electron chi connectivity index (χ4n) is 0.802. The van der Waals surface area contributed by atoms with Crippen molar-refractivity contribution in [2.45, 2.75) is 0 Å². The summed E-state index contributed by atoms with van der Waals surface area (Å²) in [6, 6.07) is 1.70. The quantitative estimate of drug-likeness (QED) is 0.663. The summed E-state index contributed by atoms with van der Waals surface area (Å²) in [5.74, 6) is 0.575. The summed E-state index contributed by atoms with van der Waals surface area (Å²) >= 11 is 0. The Morgan fingerprint density at radius 1 is 1.75 bits per heavy atom. The van der Waals surface area contributed by atoms with Gasteiger partial charge in [-0.05, 0) is 14.1 Å². The van der Waals surface area contributed by atoms with E-state index in [0.29, 0.717) is 12.4 Å². The Morgan fingerprint density at radius 2 is 2.50 bits per heavy atom. The van der Waals surface area contributed by atoms with Gasteiger partial charge in [0.1, 0.15) is 5.82 Å². The zero-order chi connectivity index (χ0) is 8.97.